The predicted octanol–water partition coefficient (Wildman–Crippen LogP) is 0.849. The van der Waals surface area contributed by atoms with Crippen LogP contribution in [-0.4, -0.2) is 52.6 Å². The fourth-order valence-corrected chi connectivity index (χ4v) is 3.53. The molecule has 0 bridgehead atoms. The highest BCUT2D eigenvalue weighted by atomic mass is 32.2. The molecule has 8 heteroatoms. The summed E-state index contributed by atoms with van der Waals surface area (Å²) >= 11 is 0. The summed E-state index contributed by atoms with van der Waals surface area (Å²) in [6.07, 6.45) is 0. The molecular weight excluding hydrogens is 320 g/mol. The summed E-state index contributed by atoms with van der Waals surface area (Å²) in [5, 5.41) is 0. The number of likely N-dealkylation sites (N-methyl/N-ethyl adjacent to an activating group) is 1. The van der Waals surface area contributed by atoms with Crippen molar-refractivity contribution in [3.63, 3.8) is 0 Å². The molecule has 128 valence electrons. The van der Waals surface area contributed by atoms with Crippen LogP contribution in [-0.2, 0) is 14.8 Å². The van der Waals surface area contributed by atoms with Crippen molar-refractivity contribution in [1.29, 1.82) is 0 Å². The van der Waals surface area contributed by atoms with Crippen LogP contribution in [0.2, 0.25) is 0 Å². The highest BCUT2D eigenvalue weighted by Gasteiger charge is 2.30. The quantitative estimate of drug-likeness (QED) is 0.857. The summed E-state index contributed by atoms with van der Waals surface area (Å²) in [5.41, 5.74) is 0. The Balaban J connectivity index is 2.28. The number of nitrogens with zero attached hydrogens (tertiary/aromatic N) is 1. The van der Waals surface area contributed by atoms with Crippen LogP contribution in [0, 0.1) is 5.92 Å². The minimum atomic E-state index is -3.85. The lowest BCUT2D eigenvalue weighted by Crippen LogP contribution is -2.49. The second-order valence-electron chi connectivity index (χ2n) is 5.88. The van der Waals surface area contributed by atoms with Gasteiger partial charge in [-0.25, -0.2) is 8.42 Å². The average Bonchev–Trinajstić information content (AvgIpc) is 2.51. The molecule has 0 radical (unpaired) electrons. The monoisotopic (exact) mass is 342 g/mol. The summed E-state index contributed by atoms with van der Waals surface area (Å²) in [6.45, 7) is 4.39. The molecule has 1 atom stereocenters. The first-order valence-electron chi connectivity index (χ1n) is 7.35. The number of ether oxygens (including phenoxy) is 2. The minimum Gasteiger partial charge on any atom is -0.486 e. The second-order valence-corrected chi connectivity index (χ2v) is 7.60. The molecule has 1 N–H and O–H groups in total. The van der Waals surface area contributed by atoms with Crippen molar-refractivity contribution >= 4 is 15.9 Å². The molecule has 0 saturated heterocycles. The summed E-state index contributed by atoms with van der Waals surface area (Å²) in [4.78, 5) is 13.6. The fourth-order valence-electron chi connectivity index (χ4n) is 2.18. The Morgan fingerprint density at radius 1 is 1.17 bits per heavy atom. The van der Waals surface area contributed by atoms with E-state index in [9.17, 15) is 13.2 Å². The Hall–Kier alpha value is -1.80. The van der Waals surface area contributed by atoms with E-state index in [1.165, 1.54) is 17.0 Å². The van der Waals surface area contributed by atoms with Crippen molar-refractivity contribution in [2.45, 2.75) is 24.8 Å². The van der Waals surface area contributed by atoms with Gasteiger partial charge in [0.15, 0.2) is 11.5 Å². The standard InChI is InChI=1S/C15H22N2O5S/c1-10(2)14(15(18)17(3)4)16-23(19,20)11-5-6-12-13(9-11)22-8-7-21-12/h5-6,9-10,14,16H,7-8H2,1-4H3/t14-/m0/s1. The van der Waals surface area contributed by atoms with Gasteiger partial charge in [-0.1, -0.05) is 13.8 Å². The van der Waals surface area contributed by atoms with E-state index < -0.39 is 16.1 Å². The molecule has 1 heterocycles. The molecule has 1 amide bonds. The first kappa shape index (κ1) is 17.6. The molecule has 0 aliphatic carbocycles. The van der Waals surface area contributed by atoms with E-state index in [1.807, 2.05) is 0 Å². The van der Waals surface area contributed by atoms with Gasteiger partial charge in [-0.05, 0) is 18.1 Å². The molecule has 2 rings (SSSR count). The third-order valence-electron chi connectivity index (χ3n) is 3.48. The summed E-state index contributed by atoms with van der Waals surface area (Å²) in [6, 6.07) is 3.58. The topological polar surface area (TPSA) is 84.9 Å². The maximum Gasteiger partial charge on any atom is 0.241 e. The van der Waals surface area contributed by atoms with Gasteiger partial charge in [0.25, 0.3) is 0 Å². The Kier molecular flexibility index (Phi) is 5.16. The third kappa shape index (κ3) is 3.94. The molecule has 0 spiro atoms. The molecule has 7 nitrogen and oxygen atoms in total. The molecule has 0 aromatic heterocycles. The van der Waals surface area contributed by atoms with Crippen LogP contribution in [0.5, 0.6) is 11.5 Å². The van der Waals surface area contributed by atoms with E-state index in [2.05, 4.69) is 4.72 Å². The summed E-state index contributed by atoms with van der Waals surface area (Å²) < 4.78 is 38.4. The van der Waals surface area contributed by atoms with Crippen molar-refractivity contribution in [1.82, 2.24) is 9.62 Å². The maximum atomic E-state index is 12.6. The normalized spacial score (nSPS) is 15.3. The van der Waals surface area contributed by atoms with E-state index in [-0.39, 0.29) is 16.7 Å². The van der Waals surface area contributed by atoms with Gasteiger partial charge in [0.1, 0.15) is 19.3 Å². The van der Waals surface area contributed by atoms with Crippen molar-refractivity contribution in [3.8, 4) is 11.5 Å². The number of carbonyl (C=O) groups is 1. The van der Waals surface area contributed by atoms with Gasteiger partial charge in [0.2, 0.25) is 15.9 Å². The van der Waals surface area contributed by atoms with Crippen molar-refractivity contribution < 1.29 is 22.7 Å². The molecule has 1 aromatic rings. The Morgan fingerprint density at radius 3 is 2.35 bits per heavy atom. The number of hydrogen-bond donors (Lipinski definition) is 1. The van der Waals surface area contributed by atoms with E-state index in [0.29, 0.717) is 24.7 Å². The highest BCUT2D eigenvalue weighted by molar-refractivity contribution is 7.89. The zero-order valence-corrected chi connectivity index (χ0v) is 14.5. The molecular formula is C15H22N2O5S. The van der Waals surface area contributed by atoms with Crippen LogP contribution < -0.4 is 14.2 Å². The van der Waals surface area contributed by atoms with Gasteiger partial charge in [-0.2, -0.15) is 4.72 Å². The molecule has 0 fully saturated rings. The van der Waals surface area contributed by atoms with Crippen LogP contribution in [0.25, 0.3) is 0 Å². The maximum absolute atomic E-state index is 12.6. The lowest BCUT2D eigenvalue weighted by molar-refractivity contribution is -0.131. The molecule has 0 unspecified atom stereocenters. The first-order chi connectivity index (χ1) is 10.7. The van der Waals surface area contributed by atoms with Gasteiger partial charge < -0.3 is 14.4 Å². The van der Waals surface area contributed by atoms with Crippen LogP contribution in [0.1, 0.15) is 13.8 Å². The highest BCUT2D eigenvalue weighted by Crippen LogP contribution is 2.32. The number of fused-ring (bicyclic) bond motifs is 1. The number of amides is 1. The summed E-state index contributed by atoms with van der Waals surface area (Å²) in [5.74, 6) is 0.428. The number of rotatable bonds is 5. The number of nitrogens with one attached hydrogen (secondary N) is 1. The van der Waals surface area contributed by atoms with Gasteiger partial charge >= 0.3 is 0 Å². The Bertz CT molecular complexity index is 685. The molecule has 1 aliphatic rings. The Morgan fingerprint density at radius 2 is 1.78 bits per heavy atom. The zero-order chi connectivity index (χ0) is 17.2. The summed E-state index contributed by atoms with van der Waals surface area (Å²) in [7, 11) is -0.663. The lowest BCUT2D eigenvalue weighted by Gasteiger charge is -2.25. The van der Waals surface area contributed by atoms with Crippen molar-refractivity contribution in [2.24, 2.45) is 5.92 Å². The zero-order valence-electron chi connectivity index (χ0n) is 13.7. The van der Waals surface area contributed by atoms with E-state index >= 15 is 0 Å². The molecule has 1 aromatic carbocycles. The molecule has 23 heavy (non-hydrogen) atoms. The van der Waals surface area contributed by atoms with Crippen LogP contribution in [0.15, 0.2) is 23.1 Å². The lowest BCUT2D eigenvalue weighted by atomic mass is 10.0. The van der Waals surface area contributed by atoms with Gasteiger partial charge in [-0.3, -0.25) is 4.79 Å². The minimum absolute atomic E-state index is 0.0407. The van der Waals surface area contributed by atoms with Gasteiger partial charge in [0.05, 0.1) is 4.90 Å². The fraction of sp³-hybridized carbons (Fsp3) is 0.533. The van der Waals surface area contributed by atoms with Gasteiger partial charge in [-0.15, -0.1) is 0 Å². The third-order valence-corrected chi connectivity index (χ3v) is 4.92. The van der Waals surface area contributed by atoms with E-state index in [0.717, 1.165) is 0 Å². The number of hydrogen-bond acceptors (Lipinski definition) is 5. The van der Waals surface area contributed by atoms with E-state index in [1.54, 1.807) is 34.0 Å². The van der Waals surface area contributed by atoms with E-state index in [4.69, 9.17) is 9.47 Å². The number of sulfonamides is 1. The van der Waals surface area contributed by atoms with Crippen molar-refractivity contribution in [2.75, 3.05) is 27.3 Å². The number of carbonyl (C=O) groups excluding carboxylic acids is 1. The Labute approximate surface area is 136 Å². The van der Waals surface area contributed by atoms with Crippen molar-refractivity contribution in [3.05, 3.63) is 18.2 Å². The largest absolute Gasteiger partial charge is 0.486 e. The second kappa shape index (κ2) is 6.76. The molecule has 0 saturated carbocycles. The predicted molar refractivity (Wildman–Crippen MR) is 85.1 cm³/mol. The average molecular weight is 342 g/mol. The molecule has 1 aliphatic heterocycles. The van der Waals surface area contributed by atoms with Crippen LogP contribution in [0.3, 0.4) is 0 Å². The van der Waals surface area contributed by atoms with Crippen LogP contribution in [0.4, 0.5) is 0 Å². The van der Waals surface area contributed by atoms with Gasteiger partial charge in [0, 0.05) is 20.2 Å². The first-order valence-corrected chi connectivity index (χ1v) is 8.84. The van der Waals surface area contributed by atoms with Crippen LogP contribution >= 0.6 is 0 Å². The smallest absolute Gasteiger partial charge is 0.241 e. The number of benzene rings is 1. The SMILES string of the molecule is CC(C)[C@H](NS(=O)(=O)c1ccc2c(c1)OCCO2)C(=O)N(C)C.